The van der Waals surface area contributed by atoms with Crippen molar-refractivity contribution in [3.8, 4) is 11.5 Å². The van der Waals surface area contributed by atoms with Gasteiger partial charge in [0.25, 0.3) is 0 Å². The summed E-state index contributed by atoms with van der Waals surface area (Å²) in [6.45, 7) is 3.10. The van der Waals surface area contributed by atoms with E-state index < -0.39 is 0 Å². The third-order valence-corrected chi connectivity index (χ3v) is 3.77. The van der Waals surface area contributed by atoms with Crippen LogP contribution in [0.4, 0.5) is 0 Å². The van der Waals surface area contributed by atoms with Crippen molar-refractivity contribution in [3.63, 3.8) is 0 Å². The molecule has 0 spiro atoms. The first-order valence-corrected chi connectivity index (χ1v) is 6.90. The van der Waals surface area contributed by atoms with Crippen LogP contribution in [0.2, 0.25) is 0 Å². The lowest BCUT2D eigenvalue weighted by molar-refractivity contribution is 0.0896. The summed E-state index contributed by atoms with van der Waals surface area (Å²) in [7, 11) is 1.88. The predicted octanol–water partition coefficient (Wildman–Crippen LogP) is 1.82. The lowest BCUT2D eigenvalue weighted by Gasteiger charge is -2.31. The number of hydrogen-bond donors (Lipinski definition) is 2. The molecule has 1 aliphatic carbocycles. The Morgan fingerprint density at radius 2 is 1.89 bits per heavy atom. The topological polar surface area (TPSA) is 50.7 Å². The van der Waals surface area contributed by atoms with Crippen molar-refractivity contribution in [1.29, 1.82) is 0 Å². The summed E-state index contributed by atoms with van der Waals surface area (Å²) in [5.41, 5.74) is -0.334. The van der Waals surface area contributed by atoms with Crippen molar-refractivity contribution >= 4 is 0 Å². The van der Waals surface area contributed by atoms with E-state index >= 15 is 0 Å². The third kappa shape index (κ3) is 3.19. The second-order valence-corrected chi connectivity index (χ2v) is 5.01. The van der Waals surface area contributed by atoms with E-state index in [-0.39, 0.29) is 12.1 Å². The van der Waals surface area contributed by atoms with Gasteiger partial charge in [-0.1, -0.05) is 12.1 Å². The molecule has 0 saturated heterocycles. The zero-order chi connectivity index (χ0) is 13.7. The quantitative estimate of drug-likeness (QED) is 0.753. The Hall–Kier alpha value is -1.26. The summed E-state index contributed by atoms with van der Waals surface area (Å²) < 4.78 is 11.4. The van der Waals surface area contributed by atoms with Crippen LogP contribution in [0.15, 0.2) is 24.3 Å². The fourth-order valence-corrected chi connectivity index (χ4v) is 2.33. The van der Waals surface area contributed by atoms with E-state index in [1.54, 1.807) is 0 Å². The number of aliphatic hydroxyl groups excluding tert-OH is 1. The fraction of sp³-hybridized carbons (Fsp3) is 0.600. The summed E-state index contributed by atoms with van der Waals surface area (Å²) in [4.78, 5) is 0. The van der Waals surface area contributed by atoms with Crippen molar-refractivity contribution in [2.75, 3.05) is 26.9 Å². The summed E-state index contributed by atoms with van der Waals surface area (Å²) >= 11 is 0. The molecule has 4 nitrogen and oxygen atoms in total. The highest BCUT2D eigenvalue weighted by atomic mass is 16.5. The lowest BCUT2D eigenvalue weighted by atomic mass is 9.95. The Morgan fingerprint density at radius 3 is 2.37 bits per heavy atom. The van der Waals surface area contributed by atoms with Gasteiger partial charge in [0.05, 0.1) is 18.8 Å². The van der Waals surface area contributed by atoms with Gasteiger partial charge in [-0.05, 0) is 44.9 Å². The Balaban J connectivity index is 2.04. The lowest BCUT2D eigenvalue weighted by Crippen LogP contribution is -2.53. The first-order valence-electron chi connectivity index (χ1n) is 6.90. The van der Waals surface area contributed by atoms with Gasteiger partial charge in [0, 0.05) is 0 Å². The zero-order valence-electron chi connectivity index (χ0n) is 11.7. The molecule has 0 heterocycles. The highest BCUT2D eigenvalue weighted by molar-refractivity contribution is 5.39. The van der Waals surface area contributed by atoms with Gasteiger partial charge in [0.15, 0.2) is 11.5 Å². The maximum absolute atomic E-state index is 9.66. The molecular weight excluding hydrogens is 242 g/mol. The van der Waals surface area contributed by atoms with Gasteiger partial charge in [-0.2, -0.15) is 0 Å². The molecular formula is C15H23NO3. The van der Waals surface area contributed by atoms with Crippen LogP contribution < -0.4 is 14.8 Å². The van der Waals surface area contributed by atoms with Gasteiger partial charge in [0.1, 0.15) is 6.61 Å². The van der Waals surface area contributed by atoms with Crippen LogP contribution in [-0.2, 0) is 0 Å². The largest absolute Gasteiger partial charge is 0.490 e. The van der Waals surface area contributed by atoms with Crippen LogP contribution >= 0.6 is 0 Å². The first kappa shape index (κ1) is 14.2. The number of likely N-dealkylation sites (N-methyl/N-ethyl adjacent to an activating group) is 1. The van der Waals surface area contributed by atoms with E-state index in [9.17, 15) is 5.11 Å². The normalized spacial score (nSPS) is 17.8. The average molecular weight is 265 g/mol. The number of ether oxygens (including phenoxy) is 2. The number of nitrogens with one attached hydrogen (secondary N) is 1. The molecule has 0 amide bonds. The van der Waals surface area contributed by atoms with Crippen LogP contribution in [0.1, 0.15) is 19.8 Å². The van der Waals surface area contributed by atoms with E-state index in [1.165, 1.54) is 0 Å². The van der Waals surface area contributed by atoms with Crippen LogP contribution in [0.25, 0.3) is 0 Å². The highest BCUT2D eigenvalue weighted by Gasteiger charge is 2.44. The molecule has 0 bridgehead atoms. The molecule has 2 N–H and O–H groups in total. The van der Waals surface area contributed by atoms with Gasteiger partial charge in [-0.25, -0.2) is 0 Å². The summed E-state index contributed by atoms with van der Waals surface area (Å²) in [6, 6.07) is 7.65. The second-order valence-electron chi connectivity index (χ2n) is 5.01. The third-order valence-electron chi connectivity index (χ3n) is 3.77. The van der Waals surface area contributed by atoms with E-state index in [4.69, 9.17) is 9.47 Å². The van der Waals surface area contributed by atoms with Crippen molar-refractivity contribution in [2.45, 2.75) is 25.3 Å². The van der Waals surface area contributed by atoms with Crippen LogP contribution in [0, 0.1) is 5.92 Å². The molecule has 1 aromatic carbocycles. The molecule has 0 aliphatic heterocycles. The SMILES string of the molecule is CCOc1ccccc1OCC(CO)(NC)C1CC1. The van der Waals surface area contributed by atoms with E-state index in [0.29, 0.717) is 19.1 Å². The second kappa shape index (κ2) is 6.26. The van der Waals surface area contributed by atoms with Crippen LogP contribution in [0.5, 0.6) is 11.5 Å². The Kier molecular flexibility index (Phi) is 4.66. The van der Waals surface area contributed by atoms with Crippen molar-refractivity contribution in [2.24, 2.45) is 5.92 Å². The van der Waals surface area contributed by atoms with Crippen LogP contribution in [0.3, 0.4) is 0 Å². The molecule has 4 heteroatoms. The molecule has 2 rings (SSSR count). The minimum atomic E-state index is -0.334. The molecule has 19 heavy (non-hydrogen) atoms. The maximum Gasteiger partial charge on any atom is 0.161 e. The Bertz CT molecular complexity index is 400. The van der Waals surface area contributed by atoms with Crippen LogP contribution in [-0.4, -0.2) is 37.5 Å². The van der Waals surface area contributed by atoms with E-state index in [2.05, 4.69) is 5.32 Å². The van der Waals surface area contributed by atoms with E-state index in [0.717, 1.165) is 24.3 Å². The first-order chi connectivity index (χ1) is 9.25. The highest BCUT2D eigenvalue weighted by Crippen LogP contribution is 2.40. The van der Waals surface area contributed by atoms with E-state index in [1.807, 2.05) is 38.2 Å². The van der Waals surface area contributed by atoms with Crippen molar-refractivity contribution in [3.05, 3.63) is 24.3 Å². The average Bonchev–Trinajstić information content (AvgIpc) is 3.28. The molecule has 1 aromatic rings. The van der Waals surface area contributed by atoms with Crippen molar-refractivity contribution in [1.82, 2.24) is 5.32 Å². The molecule has 1 aliphatic rings. The molecule has 0 radical (unpaired) electrons. The number of aliphatic hydroxyl groups is 1. The van der Waals surface area contributed by atoms with Gasteiger partial charge in [0.2, 0.25) is 0 Å². The van der Waals surface area contributed by atoms with Gasteiger partial charge in [-0.3, -0.25) is 0 Å². The van der Waals surface area contributed by atoms with Gasteiger partial charge in [-0.15, -0.1) is 0 Å². The number of para-hydroxylation sites is 2. The molecule has 1 saturated carbocycles. The monoisotopic (exact) mass is 265 g/mol. The van der Waals surface area contributed by atoms with Gasteiger partial charge < -0.3 is 19.9 Å². The minimum Gasteiger partial charge on any atom is -0.490 e. The van der Waals surface area contributed by atoms with Gasteiger partial charge >= 0.3 is 0 Å². The molecule has 1 fully saturated rings. The van der Waals surface area contributed by atoms with Crippen molar-refractivity contribution < 1.29 is 14.6 Å². The minimum absolute atomic E-state index is 0.0883. The molecule has 0 aromatic heterocycles. The number of benzene rings is 1. The standard InChI is InChI=1S/C15H23NO3/c1-3-18-13-6-4-5-7-14(13)19-11-15(10-17,16-2)12-8-9-12/h4-7,12,16-17H,3,8-11H2,1-2H3. The molecule has 106 valence electrons. The number of rotatable bonds is 8. The summed E-state index contributed by atoms with van der Waals surface area (Å²) in [5, 5.41) is 12.9. The fourth-order valence-electron chi connectivity index (χ4n) is 2.33. The smallest absolute Gasteiger partial charge is 0.161 e. The maximum atomic E-state index is 9.66. The molecule has 1 atom stereocenters. The number of hydrogen-bond acceptors (Lipinski definition) is 4. The summed E-state index contributed by atoms with van der Waals surface area (Å²) in [5.74, 6) is 1.99. The summed E-state index contributed by atoms with van der Waals surface area (Å²) in [6.07, 6.45) is 2.30. The zero-order valence-corrected chi connectivity index (χ0v) is 11.7. The Morgan fingerprint density at radius 1 is 1.26 bits per heavy atom. The molecule has 1 unspecified atom stereocenters. The Labute approximate surface area is 114 Å². The predicted molar refractivity (Wildman–Crippen MR) is 74.7 cm³/mol.